The van der Waals surface area contributed by atoms with Gasteiger partial charge in [-0.2, -0.15) is 0 Å². The molecule has 0 aromatic heterocycles. The van der Waals surface area contributed by atoms with Crippen LogP contribution in [0.1, 0.15) is 0 Å². The minimum absolute atomic E-state index is 0.675. The van der Waals surface area contributed by atoms with E-state index in [1.807, 2.05) is 0 Å². The van der Waals surface area contributed by atoms with Gasteiger partial charge in [-0.3, -0.25) is 0 Å². The highest BCUT2D eigenvalue weighted by Gasteiger charge is 1.87. The lowest BCUT2D eigenvalue weighted by Crippen LogP contribution is -1.61. The third kappa shape index (κ3) is 1.97. The maximum absolute atomic E-state index is 5.61. The fourth-order valence-corrected chi connectivity index (χ4v) is 0.765. The Morgan fingerprint density at radius 3 is 2.20 bits per heavy atom. The molecule has 0 saturated carbocycles. The second-order valence-corrected chi connectivity index (χ2v) is 2.24. The second kappa shape index (κ2) is 3.54. The van der Waals surface area contributed by atoms with E-state index >= 15 is 0 Å². The van der Waals surface area contributed by atoms with E-state index < -0.39 is 0 Å². The lowest BCUT2D eigenvalue weighted by atomic mass is 10.3. The molecule has 0 N–H and O–H groups in total. The summed E-state index contributed by atoms with van der Waals surface area (Å²) in [5.74, 6) is 0. The summed E-state index contributed by atoms with van der Waals surface area (Å²) in [4.78, 5) is 0. The summed E-state index contributed by atoms with van der Waals surface area (Å²) >= 11 is 10.6. The molecule has 1 rings (SSSR count). The molecule has 0 spiro atoms. The Labute approximate surface area is 68.6 Å². The summed E-state index contributed by atoms with van der Waals surface area (Å²) < 4.78 is 3.09. The van der Waals surface area contributed by atoms with Crippen molar-refractivity contribution in [2.45, 2.75) is 0 Å². The van der Waals surface area contributed by atoms with Crippen molar-refractivity contribution in [1.82, 2.24) is 0 Å². The molecule has 10 heavy (non-hydrogen) atoms. The zero-order valence-corrected chi connectivity index (χ0v) is 6.47. The van der Waals surface area contributed by atoms with E-state index in [1.54, 1.807) is 24.3 Å². The molecule has 0 aliphatic rings. The lowest BCUT2D eigenvalue weighted by molar-refractivity contribution is 1.33. The summed E-state index contributed by atoms with van der Waals surface area (Å²) in [6, 6.07) is 6.91. The van der Waals surface area contributed by atoms with Gasteiger partial charge in [0.2, 0.25) is 0 Å². The Balaban J connectivity index is 2.89. The topological polar surface area (TPSA) is 24.7 Å². The molecule has 1 aromatic carbocycles. The summed E-state index contributed by atoms with van der Waals surface area (Å²) in [5, 5.41) is 4.25. The third-order valence-electron chi connectivity index (χ3n) is 0.980. The van der Waals surface area contributed by atoms with E-state index in [2.05, 4.69) is 9.75 Å². The highest BCUT2D eigenvalue weighted by molar-refractivity contribution is 6.30. The number of nitrogens with zero attached hydrogens (tertiary/aromatic N) is 2. The normalized spacial score (nSPS) is 10.6. The summed E-state index contributed by atoms with van der Waals surface area (Å²) in [7, 11) is 0. The van der Waals surface area contributed by atoms with Crippen molar-refractivity contribution < 1.29 is 0 Å². The van der Waals surface area contributed by atoms with Crippen LogP contribution in [0.2, 0.25) is 5.02 Å². The van der Waals surface area contributed by atoms with Crippen LogP contribution in [-0.2, 0) is 0 Å². The van der Waals surface area contributed by atoms with Crippen molar-refractivity contribution in [3.05, 3.63) is 29.3 Å². The van der Waals surface area contributed by atoms with Gasteiger partial charge < -0.3 is 0 Å². The molecule has 0 amide bonds. The van der Waals surface area contributed by atoms with Crippen LogP contribution in [0.4, 0.5) is 5.69 Å². The molecule has 0 unspecified atom stereocenters. The number of rotatable bonds is 1. The van der Waals surface area contributed by atoms with Crippen LogP contribution in [0, 0.1) is 0 Å². The van der Waals surface area contributed by atoms with Crippen LogP contribution >= 0.6 is 23.4 Å². The minimum Gasteiger partial charge on any atom is -0.138 e. The predicted octanol–water partition coefficient (Wildman–Crippen LogP) is 3.58. The molecular formula is C6H4Cl2N2. The highest BCUT2D eigenvalue weighted by atomic mass is 35.5. The van der Waals surface area contributed by atoms with Crippen LogP contribution in [0.3, 0.4) is 0 Å². The molecule has 0 heterocycles. The Kier molecular flexibility index (Phi) is 2.66. The second-order valence-electron chi connectivity index (χ2n) is 1.65. The summed E-state index contributed by atoms with van der Waals surface area (Å²) in [6.45, 7) is 0. The number of hydrogen-bond acceptors (Lipinski definition) is 2. The summed E-state index contributed by atoms with van der Waals surface area (Å²) in [6.07, 6.45) is 0. The first-order valence-electron chi connectivity index (χ1n) is 2.60. The van der Waals surface area contributed by atoms with E-state index in [-0.39, 0.29) is 0 Å². The first-order chi connectivity index (χ1) is 4.83. The zero-order chi connectivity index (χ0) is 7.40. The van der Waals surface area contributed by atoms with E-state index in [9.17, 15) is 0 Å². The average Bonchev–Trinajstić information content (AvgIpc) is 1.95. The van der Waals surface area contributed by atoms with Crippen molar-refractivity contribution in [3.63, 3.8) is 0 Å². The Morgan fingerprint density at radius 2 is 1.70 bits per heavy atom. The van der Waals surface area contributed by atoms with Crippen molar-refractivity contribution in [1.29, 1.82) is 0 Å². The standard InChI is InChI=1S/C6H4Cl2N2/c7-5-1-3-6(4-2-5)9-10-8/h1-4H. The van der Waals surface area contributed by atoms with Gasteiger partial charge in [0.1, 0.15) is 0 Å². The fourth-order valence-electron chi connectivity index (χ4n) is 0.551. The lowest BCUT2D eigenvalue weighted by Gasteiger charge is -1.88. The minimum atomic E-state index is 0.675. The molecule has 0 aliphatic carbocycles. The van der Waals surface area contributed by atoms with E-state index in [0.29, 0.717) is 10.7 Å². The molecule has 0 aliphatic heterocycles. The predicted molar refractivity (Wildman–Crippen MR) is 41.8 cm³/mol. The van der Waals surface area contributed by atoms with Gasteiger partial charge in [0, 0.05) is 5.02 Å². The maximum atomic E-state index is 5.61. The monoisotopic (exact) mass is 174 g/mol. The van der Waals surface area contributed by atoms with Gasteiger partial charge in [-0.15, -0.1) is 5.11 Å². The van der Waals surface area contributed by atoms with Gasteiger partial charge in [-0.25, -0.2) is 0 Å². The smallest absolute Gasteiger partial charge is 0.0869 e. The maximum Gasteiger partial charge on any atom is 0.0869 e. The van der Waals surface area contributed by atoms with Gasteiger partial charge in [-0.1, -0.05) is 16.2 Å². The van der Waals surface area contributed by atoms with Crippen LogP contribution in [0.15, 0.2) is 34.0 Å². The summed E-state index contributed by atoms with van der Waals surface area (Å²) in [5.41, 5.74) is 0.694. The van der Waals surface area contributed by atoms with Crippen LogP contribution < -0.4 is 0 Å². The molecule has 4 heteroatoms. The largest absolute Gasteiger partial charge is 0.138 e. The first-order valence-corrected chi connectivity index (χ1v) is 3.32. The van der Waals surface area contributed by atoms with E-state index in [0.717, 1.165) is 0 Å². The van der Waals surface area contributed by atoms with Crippen molar-refractivity contribution in [3.8, 4) is 0 Å². The van der Waals surface area contributed by atoms with E-state index in [1.165, 1.54) is 0 Å². The SMILES string of the molecule is ClN=Nc1ccc(Cl)cc1. The number of benzene rings is 1. The van der Waals surface area contributed by atoms with Gasteiger partial charge >= 0.3 is 0 Å². The zero-order valence-electron chi connectivity index (χ0n) is 4.96. The van der Waals surface area contributed by atoms with Gasteiger partial charge in [0.25, 0.3) is 0 Å². The molecule has 0 bridgehead atoms. The van der Waals surface area contributed by atoms with Crippen LogP contribution in [-0.4, -0.2) is 0 Å². The van der Waals surface area contributed by atoms with Crippen LogP contribution in [0.5, 0.6) is 0 Å². The molecule has 0 saturated heterocycles. The fraction of sp³-hybridized carbons (Fsp3) is 0. The molecule has 0 fully saturated rings. The van der Waals surface area contributed by atoms with Crippen molar-refractivity contribution in [2.24, 2.45) is 9.75 Å². The Morgan fingerprint density at radius 1 is 1.10 bits per heavy atom. The number of hydrogen-bond donors (Lipinski definition) is 0. The third-order valence-corrected chi connectivity index (χ3v) is 1.31. The Bertz CT molecular complexity index is 230. The van der Waals surface area contributed by atoms with Gasteiger partial charge in [0.05, 0.1) is 17.5 Å². The highest BCUT2D eigenvalue weighted by Crippen LogP contribution is 2.16. The van der Waals surface area contributed by atoms with Gasteiger partial charge in [-0.05, 0) is 24.3 Å². The molecule has 1 aromatic rings. The number of halogens is 2. The van der Waals surface area contributed by atoms with Crippen LogP contribution in [0.25, 0.3) is 0 Å². The molecule has 52 valence electrons. The first kappa shape index (κ1) is 7.51. The quantitative estimate of drug-likeness (QED) is 0.582. The van der Waals surface area contributed by atoms with Crippen molar-refractivity contribution >= 4 is 29.1 Å². The molecule has 0 radical (unpaired) electrons. The average molecular weight is 175 g/mol. The Hall–Kier alpha value is -0.600. The molecular weight excluding hydrogens is 171 g/mol. The van der Waals surface area contributed by atoms with E-state index in [4.69, 9.17) is 23.4 Å². The molecule has 0 atom stereocenters. The molecule has 2 nitrogen and oxygen atoms in total. The van der Waals surface area contributed by atoms with Gasteiger partial charge in [0.15, 0.2) is 0 Å². The van der Waals surface area contributed by atoms with Crippen molar-refractivity contribution in [2.75, 3.05) is 0 Å².